The first-order valence-electron chi connectivity index (χ1n) is 6.63. The van der Waals surface area contributed by atoms with Gasteiger partial charge in [-0.3, -0.25) is 14.4 Å². The maximum absolute atomic E-state index is 11.9. The highest BCUT2D eigenvalue weighted by Gasteiger charge is 2.14. The minimum Gasteiger partial charge on any atom is -0.481 e. The van der Waals surface area contributed by atoms with Gasteiger partial charge >= 0.3 is 5.97 Å². The Balaban J connectivity index is 2.41. The summed E-state index contributed by atoms with van der Waals surface area (Å²) in [6.07, 6.45) is 3.42. The highest BCUT2D eigenvalue weighted by atomic mass is 16.4. The second-order valence-corrected chi connectivity index (χ2v) is 4.96. The zero-order valence-corrected chi connectivity index (χ0v) is 11.7. The number of pyridine rings is 1. The number of carboxylic acids is 1. The van der Waals surface area contributed by atoms with Gasteiger partial charge < -0.3 is 15.4 Å². The van der Waals surface area contributed by atoms with E-state index < -0.39 is 17.4 Å². The molecule has 0 fully saturated rings. The van der Waals surface area contributed by atoms with Crippen LogP contribution in [-0.4, -0.2) is 28.0 Å². The van der Waals surface area contributed by atoms with E-state index in [-0.39, 0.29) is 17.5 Å². The van der Waals surface area contributed by atoms with Gasteiger partial charge in [-0.15, -0.1) is 0 Å². The number of carbonyl (C=O) groups is 2. The van der Waals surface area contributed by atoms with Crippen molar-refractivity contribution in [3.05, 3.63) is 34.2 Å². The highest BCUT2D eigenvalue weighted by Crippen LogP contribution is 2.09. The van der Waals surface area contributed by atoms with Crippen LogP contribution in [0.5, 0.6) is 0 Å². The molecule has 0 aliphatic rings. The molecular formula is C14H20N2O4. The van der Waals surface area contributed by atoms with Gasteiger partial charge in [-0.2, -0.15) is 0 Å². The van der Waals surface area contributed by atoms with Crippen LogP contribution in [0.15, 0.2) is 23.1 Å². The van der Waals surface area contributed by atoms with Crippen molar-refractivity contribution < 1.29 is 14.7 Å². The molecule has 3 N–H and O–H groups in total. The molecule has 0 radical (unpaired) electrons. The Hall–Kier alpha value is -2.11. The molecule has 2 atom stereocenters. The molecule has 1 aromatic heterocycles. The first-order valence-corrected chi connectivity index (χ1v) is 6.63. The van der Waals surface area contributed by atoms with Crippen LogP contribution in [0, 0.1) is 5.92 Å². The Morgan fingerprint density at radius 2 is 2.05 bits per heavy atom. The number of hydrogen-bond acceptors (Lipinski definition) is 3. The molecule has 6 heteroatoms. The van der Waals surface area contributed by atoms with E-state index in [1.165, 1.54) is 12.3 Å². The van der Waals surface area contributed by atoms with E-state index >= 15 is 0 Å². The third-order valence-corrected chi connectivity index (χ3v) is 3.14. The van der Waals surface area contributed by atoms with Gasteiger partial charge in [-0.1, -0.05) is 13.3 Å². The molecule has 6 nitrogen and oxygen atoms in total. The van der Waals surface area contributed by atoms with E-state index in [2.05, 4.69) is 10.3 Å². The molecule has 1 amide bonds. The average Bonchev–Trinajstić information content (AvgIpc) is 2.38. The number of hydrogen-bond donors (Lipinski definition) is 3. The van der Waals surface area contributed by atoms with Crippen molar-refractivity contribution in [2.75, 3.05) is 0 Å². The summed E-state index contributed by atoms with van der Waals surface area (Å²) in [5.74, 6) is -1.60. The summed E-state index contributed by atoms with van der Waals surface area (Å²) in [7, 11) is 0. The van der Waals surface area contributed by atoms with Crippen LogP contribution < -0.4 is 10.9 Å². The predicted octanol–water partition coefficient (Wildman–Crippen LogP) is 1.38. The largest absolute Gasteiger partial charge is 0.481 e. The molecule has 20 heavy (non-hydrogen) atoms. The quantitative estimate of drug-likeness (QED) is 0.702. The average molecular weight is 280 g/mol. The molecule has 0 aliphatic carbocycles. The number of H-pyrrole nitrogens is 1. The lowest BCUT2D eigenvalue weighted by molar-refractivity contribution is -0.141. The standard InChI is InChI=1S/C14H20N2O4/c1-9(14(19)20)5-3-6-10(2)16-13(18)11-7-4-8-15-12(11)17/h4,7-10H,3,5-6H2,1-2H3,(H,15,17)(H,16,18)(H,19,20). The summed E-state index contributed by atoms with van der Waals surface area (Å²) < 4.78 is 0. The van der Waals surface area contributed by atoms with Crippen molar-refractivity contribution in [2.24, 2.45) is 5.92 Å². The van der Waals surface area contributed by atoms with E-state index in [1.807, 2.05) is 6.92 Å². The third kappa shape index (κ3) is 4.87. The molecular weight excluding hydrogens is 260 g/mol. The van der Waals surface area contributed by atoms with Crippen LogP contribution in [0.4, 0.5) is 0 Å². The molecule has 1 heterocycles. The van der Waals surface area contributed by atoms with Crippen LogP contribution in [0.1, 0.15) is 43.5 Å². The van der Waals surface area contributed by atoms with E-state index in [9.17, 15) is 14.4 Å². The first kappa shape index (κ1) is 15.9. The number of aromatic amines is 1. The minimum absolute atomic E-state index is 0.0817. The SMILES string of the molecule is CC(CCCC(C)C(=O)O)NC(=O)c1ccc[nH]c1=O. The van der Waals surface area contributed by atoms with E-state index in [0.717, 1.165) is 0 Å². The van der Waals surface area contributed by atoms with Gasteiger partial charge in [-0.05, 0) is 31.9 Å². The van der Waals surface area contributed by atoms with Gasteiger partial charge in [0.05, 0.1) is 5.92 Å². The Morgan fingerprint density at radius 3 is 2.65 bits per heavy atom. The lowest BCUT2D eigenvalue weighted by Gasteiger charge is -2.14. The normalized spacial score (nSPS) is 13.5. The Bertz CT molecular complexity index is 524. The number of rotatable bonds is 7. The molecule has 110 valence electrons. The van der Waals surface area contributed by atoms with Crippen LogP contribution in [0.2, 0.25) is 0 Å². The van der Waals surface area contributed by atoms with E-state index in [4.69, 9.17) is 5.11 Å². The molecule has 0 saturated carbocycles. The molecule has 0 aromatic carbocycles. The number of aliphatic carboxylic acids is 1. The Kier molecular flexibility index (Phi) is 5.96. The summed E-state index contributed by atoms with van der Waals surface area (Å²) in [4.78, 5) is 36.4. The van der Waals surface area contributed by atoms with Gasteiger partial charge in [0, 0.05) is 12.2 Å². The smallest absolute Gasteiger partial charge is 0.306 e. The molecule has 0 aliphatic heterocycles. The fourth-order valence-electron chi connectivity index (χ4n) is 1.83. The summed E-state index contributed by atoms with van der Waals surface area (Å²) in [5, 5.41) is 11.5. The lowest BCUT2D eigenvalue weighted by atomic mass is 10.0. The van der Waals surface area contributed by atoms with Gasteiger partial charge in [0.2, 0.25) is 0 Å². The highest BCUT2D eigenvalue weighted by molar-refractivity contribution is 5.93. The van der Waals surface area contributed by atoms with Crippen molar-refractivity contribution in [1.82, 2.24) is 10.3 Å². The predicted molar refractivity (Wildman–Crippen MR) is 74.6 cm³/mol. The van der Waals surface area contributed by atoms with Crippen LogP contribution in [-0.2, 0) is 4.79 Å². The summed E-state index contributed by atoms with van der Waals surface area (Å²) in [6.45, 7) is 3.50. The minimum atomic E-state index is -0.808. The second-order valence-electron chi connectivity index (χ2n) is 4.96. The monoisotopic (exact) mass is 280 g/mol. The van der Waals surface area contributed by atoms with E-state index in [1.54, 1.807) is 13.0 Å². The Labute approximate surface area is 117 Å². The first-order chi connectivity index (χ1) is 9.41. The van der Waals surface area contributed by atoms with Crippen molar-refractivity contribution in [3.63, 3.8) is 0 Å². The molecule has 0 saturated heterocycles. The maximum Gasteiger partial charge on any atom is 0.306 e. The van der Waals surface area contributed by atoms with E-state index in [0.29, 0.717) is 19.3 Å². The van der Waals surface area contributed by atoms with Gasteiger partial charge in [0.1, 0.15) is 5.56 Å². The second kappa shape index (κ2) is 7.47. The van der Waals surface area contributed by atoms with Crippen LogP contribution in [0.25, 0.3) is 0 Å². The van der Waals surface area contributed by atoms with Gasteiger partial charge in [-0.25, -0.2) is 0 Å². The maximum atomic E-state index is 11.9. The third-order valence-electron chi connectivity index (χ3n) is 3.14. The summed E-state index contributed by atoms with van der Waals surface area (Å²) >= 11 is 0. The molecule has 1 rings (SSSR count). The Morgan fingerprint density at radius 1 is 1.35 bits per heavy atom. The van der Waals surface area contributed by atoms with Crippen LogP contribution >= 0.6 is 0 Å². The topological polar surface area (TPSA) is 99.3 Å². The number of amides is 1. The number of aromatic nitrogens is 1. The fourth-order valence-corrected chi connectivity index (χ4v) is 1.83. The van der Waals surface area contributed by atoms with Gasteiger partial charge in [0.15, 0.2) is 0 Å². The van der Waals surface area contributed by atoms with Crippen molar-refractivity contribution in [3.8, 4) is 0 Å². The zero-order chi connectivity index (χ0) is 15.1. The molecule has 1 aromatic rings. The molecule has 0 spiro atoms. The van der Waals surface area contributed by atoms with Crippen molar-refractivity contribution >= 4 is 11.9 Å². The molecule has 0 bridgehead atoms. The van der Waals surface area contributed by atoms with Crippen molar-refractivity contribution in [1.29, 1.82) is 0 Å². The molecule has 2 unspecified atom stereocenters. The fraction of sp³-hybridized carbons (Fsp3) is 0.500. The number of nitrogens with one attached hydrogen (secondary N) is 2. The summed E-state index contributed by atoms with van der Waals surface area (Å²) in [6, 6.07) is 2.95. The summed E-state index contributed by atoms with van der Waals surface area (Å²) in [5.41, 5.74) is -0.338. The zero-order valence-electron chi connectivity index (χ0n) is 11.7. The van der Waals surface area contributed by atoms with Crippen molar-refractivity contribution in [2.45, 2.75) is 39.2 Å². The lowest BCUT2D eigenvalue weighted by Crippen LogP contribution is -2.35. The number of carbonyl (C=O) groups excluding carboxylic acids is 1. The van der Waals surface area contributed by atoms with Gasteiger partial charge in [0.25, 0.3) is 11.5 Å². The number of carboxylic acid groups (broad SMARTS) is 1. The van der Waals surface area contributed by atoms with Crippen LogP contribution in [0.3, 0.4) is 0 Å².